The number of fused-ring (bicyclic) bond motifs is 1. The standard InChI is InChI=1S/C21H14ClN3O5/c1-11-2-5-19-17(6-11)24-21(30-19)15-8-13(3-4-18(15)26)23-10-12-7-14(25(28)29)9-16(22)20(12)27/h2-10,26-27H,1H3. The normalized spacial score (nSPS) is 11.4. The summed E-state index contributed by atoms with van der Waals surface area (Å²) in [4.78, 5) is 19.0. The smallest absolute Gasteiger partial charge is 0.271 e. The van der Waals surface area contributed by atoms with Crippen molar-refractivity contribution in [2.75, 3.05) is 0 Å². The first-order valence-electron chi connectivity index (χ1n) is 8.73. The molecule has 2 N–H and O–H groups in total. The first-order valence-corrected chi connectivity index (χ1v) is 9.11. The highest BCUT2D eigenvalue weighted by Crippen LogP contribution is 2.35. The van der Waals surface area contributed by atoms with E-state index >= 15 is 0 Å². The lowest BCUT2D eigenvalue weighted by Gasteiger charge is -2.03. The molecule has 0 amide bonds. The van der Waals surface area contributed by atoms with Gasteiger partial charge in [0.05, 0.1) is 21.2 Å². The van der Waals surface area contributed by atoms with E-state index in [-0.39, 0.29) is 33.7 Å². The van der Waals surface area contributed by atoms with Gasteiger partial charge in [0.2, 0.25) is 5.89 Å². The van der Waals surface area contributed by atoms with Crippen LogP contribution in [0.15, 0.2) is 57.9 Å². The van der Waals surface area contributed by atoms with Gasteiger partial charge in [-0.25, -0.2) is 4.98 Å². The van der Waals surface area contributed by atoms with Gasteiger partial charge >= 0.3 is 0 Å². The van der Waals surface area contributed by atoms with Gasteiger partial charge in [-0.2, -0.15) is 0 Å². The second kappa shape index (κ2) is 7.49. The number of aromatic nitrogens is 1. The predicted molar refractivity (Wildman–Crippen MR) is 113 cm³/mol. The van der Waals surface area contributed by atoms with E-state index in [1.807, 2.05) is 19.1 Å². The van der Waals surface area contributed by atoms with Crippen LogP contribution in [0, 0.1) is 17.0 Å². The Balaban J connectivity index is 1.72. The number of non-ortho nitro benzene ring substituents is 1. The van der Waals surface area contributed by atoms with Crippen molar-refractivity contribution in [3.05, 3.63) is 74.8 Å². The van der Waals surface area contributed by atoms with Gasteiger partial charge in [0, 0.05) is 23.9 Å². The maximum atomic E-state index is 11.0. The Bertz CT molecular complexity index is 1330. The Morgan fingerprint density at radius 3 is 2.73 bits per heavy atom. The van der Waals surface area contributed by atoms with Gasteiger partial charge in [0.1, 0.15) is 17.0 Å². The zero-order chi connectivity index (χ0) is 21.4. The van der Waals surface area contributed by atoms with Crippen molar-refractivity contribution >= 4 is 40.3 Å². The van der Waals surface area contributed by atoms with Crippen molar-refractivity contribution in [2.24, 2.45) is 4.99 Å². The van der Waals surface area contributed by atoms with Gasteiger partial charge in [0.25, 0.3) is 5.69 Å². The summed E-state index contributed by atoms with van der Waals surface area (Å²) in [6.07, 6.45) is 1.25. The second-order valence-corrected chi connectivity index (χ2v) is 6.98. The molecule has 0 aliphatic heterocycles. The fraction of sp³-hybridized carbons (Fsp3) is 0.0476. The zero-order valence-electron chi connectivity index (χ0n) is 15.5. The van der Waals surface area contributed by atoms with Crippen molar-refractivity contribution in [3.8, 4) is 23.0 Å². The number of oxazole rings is 1. The molecule has 0 bridgehead atoms. The number of aromatic hydroxyl groups is 2. The van der Waals surface area contributed by atoms with Crippen LogP contribution in [0.2, 0.25) is 5.02 Å². The summed E-state index contributed by atoms with van der Waals surface area (Å²) in [5.41, 5.74) is 2.83. The Labute approximate surface area is 174 Å². The van der Waals surface area contributed by atoms with Crippen molar-refractivity contribution in [2.45, 2.75) is 6.92 Å². The van der Waals surface area contributed by atoms with Crippen LogP contribution in [0.25, 0.3) is 22.6 Å². The quantitative estimate of drug-likeness (QED) is 0.253. The molecule has 8 nitrogen and oxygen atoms in total. The summed E-state index contributed by atoms with van der Waals surface area (Å²) in [5.74, 6) is -0.135. The van der Waals surface area contributed by atoms with E-state index in [4.69, 9.17) is 16.0 Å². The number of phenols is 2. The zero-order valence-corrected chi connectivity index (χ0v) is 16.3. The van der Waals surface area contributed by atoms with E-state index in [9.17, 15) is 20.3 Å². The van der Waals surface area contributed by atoms with E-state index < -0.39 is 4.92 Å². The molecule has 4 rings (SSSR count). The highest BCUT2D eigenvalue weighted by Gasteiger charge is 2.15. The third-order valence-electron chi connectivity index (χ3n) is 4.39. The first kappa shape index (κ1) is 19.4. The minimum absolute atomic E-state index is 0.0431. The number of benzene rings is 3. The second-order valence-electron chi connectivity index (χ2n) is 6.57. The Morgan fingerprint density at radius 1 is 1.17 bits per heavy atom. The number of hydrogen-bond acceptors (Lipinski definition) is 7. The van der Waals surface area contributed by atoms with Gasteiger partial charge in [-0.05, 0) is 42.8 Å². The van der Waals surface area contributed by atoms with Crippen molar-refractivity contribution < 1.29 is 19.6 Å². The van der Waals surface area contributed by atoms with Gasteiger partial charge in [0.15, 0.2) is 5.58 Å². The highest BCUT2D eigenvalue weighted by molar-refractivity contribution is 6.32. The first-order chi connectivity index (χ1) is 14.3. The number of nitro benzene ring substituents is 1. The number of phenolic OH excluding ortho intramolecular Hbond substituents is 2. The van der Waals surface area contributed by atoms with E-state index in [0.29, 0.717) is 22.4 Å². The third kappa shape index (κ3) is 3.68. The molecule has 9 heteroatoms. The van der Waals surface area contributed by atoms with E-state index in [0.717, 1.165) is 17.7 Å². The summed E-state index contributed by atoms with van der Waals surface area (Å²) in [5, 5.41) is 31.1. The summed E-state index contributed by atoms with van der Waals surface area (Å²) in [7, 11) is 0. The molecule has 0 saturated carbocycles. The van der Waals surface area contributed by atoms with Crippen LogP contribution in [0.5, 0.6) is 11.5 Å². The van der Waals surface area contributed by atoms with Crippen LogP contribution in [0.1, 0.15) is 11.1 Å². The van der Waals surface area contributed by atoms with E-state index in [2.05, 4.69) is 9.98 Å². The highest BCUT2D eigenvalue weighted by atomic mass is 35.5. The Kier molecular flexibility index (Phi) is 4.85. The maximum absolute atomic E-state index is 11.0. The molecule has 30 heavy (non-hydrogen) atoms. The molecule has 0 spiro atoms. The van der Waals surface area contributed by atoms with E-state index in [1.54, 1.807) is 12.1 Å². The molecule has 1 heterocycles. The van der Waals surface area contributed by atoms with Crippen molar-refractivity contribution in [1.29, 1.82) is 0 Å². The van der Waals surface area contributed by atoms with Gasteiger partial charge < -0.3 is 14.6 Å². The molecule has 4 aromatic rings. The summed E-state index contributed by atoms with van der Waals surface area (Å²) in [6, 6.07) is 12.3. The van der Waals surface area contributed by atoms with Gasteiger partial charge in [-0.1, -0.05) is 17.7 Å². The lowest BCUT2D eigenvalue weighted by atomic mass is 10.1. The fourth-order valence-electron chi connectivity index (χ4n) is 2.88. The molecule has 0 aliphatic rings. The molecule has 1 aromatic heterocycles. The topological polar surface area (TPSA) is 122 Å². The van der Waals surface area contributed by atoms with Crippen LogP contribution < -0.4 is 0 Å². The molecule has 0 radical (unpaired) electrons. The predicted octanol–water partition coefficient (Wildman–Crippen LogP) is 5.53. The number of rotatable bonds is 4. The molecule has 3 aromatic carbocycles. The molecule has 0 unspecified atom stereocenters. The Hall–Kier alpha value is -3.91. The summed E-state index contributed by atoms with van der Waals surface area (Å²) < 4.78 is 5.73. The average molecular weight is 424 g/mol. The van der Waals surface area contributed by atoms with Gasteiger partial charge in [-0.3, -0.25) is 15.1 Å². The third-order valence-corrected chi connectivity index (χ3v) is 4.68. The number of aryl methyl sites for hydroxylation is 1. The lowest BCUT2D eigenvalue weighted by molar-refractivity contribution is -0.384. The van der Waals surface area contributed by atoms with Crippen molar-refractivity contribution in [3.63, 3.8) is 0 Å². The molecule has 0 fully saturated rings. The number of aliphatic imine (C=N–C) groups is 1. The van der Waals surface area contributed by atoms with E-state index in [1.165, 1.54) is 18.3 Å². The number of nitro groups is 1. The monoisotopic (exact) mass is 423 g/mol. The minimum atomic E-state index is -0.615. The molecular weight excluding hydrogens is 410 g/mol. The van der Waals surface area contributed by atoms with Crippen molar-refractivity contribution in [1.82, 2.24) is 4.98 Å². The van der Waals surface area contributed by atoms with Crippen LogP contribution >= 0.6 is 11.6 Å². The summed E-state index contributed by atoms with van der Waals surface area (Å²) in [6.45, 7) is 1.94. The lowest BCUT2D eigenvalue weighted by Crippen LogP contribution is -1.91. The Morgan fingerprint density at radius 2 is 1.97 bits per heavy atom. The average Bonchev–Trinajstić information content (AvgIpc) is 3.12. The molecule has 0 atom stereocenters. The molecule has 0 saturated heterocycles. The van der Waals surface area contributed by atoms with Crippen LogP contribution in [0.4, 0.5) is 11.4 Å². The van der Waals surface area contributed by atoms with Gasteiger partial charge in [-0.15, -0.1) is 0 Å². The minimum Gasteiger partial charge on any atom is -0.507 e. The molecule has 0 aliphatic carbocycles. The maximum Gasteiger partial charge on any atom is 0.271 e. The van der Waals surface area contributed by atoms with Crippen LogP contribution in [-0.2, 0) is 0 Å². The largest absolute Gasteiger partial charge is 0.507 e. The number of hydrogen-bond donors (Lipinski definition) is 2. The molecule has 150 valence electrons. The van der Waals surface area contributed by atoms with Crippen LogP contribution in [0.3, 0.4) is 0 Å². The SMILES string of the molecule is Cc1ccc2oc(-c3cc(N=Cc4cc([N+](=O)[O-])cc(Cl)c4O)ccc3O)nc2c1. The number of halogens is 1. The molecular formula is C21H14ClN3O5. The summed E-state index contributed by atoms with van der Waals surface area (Å²) >= 11 is 5.85. The fourth-order valence-corrected chi connectivity index (χ4v) is 3.10. The van der Waals surface area contributed by atoms with Crippen LogP contribution in [-0.4, -0.2) is 26.3 Å². The number of nitrogens with zero attached hydrogens (tertiary/aromatic N) is 3.